The Morgan fingerprint density at radius 3 is 2.29 bits per heavy atom. The molecule has 1 unspecified atom stereocenters. The van der Waals surface area contributed by atoms with E-state index >= 15 is 0 Å². The van der Waals surface area contributed by atoms with Crippen molar-refractivity contribution >= 4 is 6.09 Å². The van der Waals surface area contributed by atoms with Gasteiger partial charge in [0.1, 0.15) is 12.4 Å². The van der Waals surface area contributed by atoms with E-state index in [0.717, 1.165) is 5.56 Å². The van der Waals surface area contributed by atoms with Gasteiger partial charge < -0.3 is 15.6 Å². The van der Waals surface area contributed by atoms with Crippen LogP contribution < -0.4 is 5.73 Å². The first-order chi connectivity index (χ1) is 7.80. The van der Waals surface area contributed by atoms with E-state index < -0.39 is 6.09 Å². The molecule has 0 aliphatic rings. The van der Waals surface area contributed by atoms with Crippen LogP contribution in [0.3, 0.4) is 0 Å². The van der Waals surface area contributed by atoms with E-state index in [9.17, 15) is 9.90 Å². The molecule has 1 amide bonds. The van der Waals surface area contributed by atoms with Gasteiger partial charge in [0.05, 0.1) is 0 Å². The number of phenols is 1. The monoisotopic (exact) mass is 237 g/mol. The summed E-state index contributed by atoms with van der Waals surface area (Å²) in [5.74, 6) is 0.257. The molecule has 4 heteroatoms. The molecule has 0 aromatic heterocycles. The fourth-order valence-corrected chi connectivity index (χ4v) is 1.72. The Morgan fingerprint density at radius 2 is 1.88 bits per heavy atom. The fraction of sp³-hybridized carbons (Fsp3) is 0.462. The van der Waals surface area contributed by atoms with E-state index in [0.29, 0.717) is 0 Å². The van der Waals surface area contributed by atoms with Crippen molar-refractivity contribution in [3.05, 3.63) is 29.8 Å². The summed E-state index contributed by atoms with van der Waals surface area (Å²) in [7, 11) is 0. The lowest BCUT2D eigenvalue weighted by Gasteiger charge is -2.30. The number of carbonyl (C=O) groups is 1. The van der Waals surface area contributed by atoms with Crippen LogP contribution in [0.25, 0.3) is 0 Å². The predicted molar refractivity (Wildman–Crippen MR) is 65.8 cm³/mol. The minimum Gasteiger partial charge on any atom is -0.508 e. The van der Waals surface area contributed by atoms with Crippen molar-refractivity contribution in [2.75, 3.05) is 6.61 Å². The maximum Gasteiger partial charge on any atom is 0.404 e. The molecule has 0 fully saturated rings. The third-order valence-corrected chi connectivity index (χ3v) is 2.73. The number of primary amides is 1. The lowest BCUT2D eigenvalue weighted by molar-refractivity contribution is 0.126. The van der Waals surface area contributed by atoms with E-state index in [4.69, 9.17) is 10.5 Å². The predicted octanol–water partition coefficient (Wildman–Crippen LogP) is 2.62. The quantitative estimate of drug-likeness (QED) is 0.848. The topological polar surface area (TPSA) is 72.5 Å². The number of hydrogen-bond acceptors (Lipinski definition) is 3. The second kappa shape index (κ2) is 5.08. The maximum atomic E-state index is 10.7. The van der Waals surface area contributed by atoms with Gasteiger partial charge in [-0.25, -0.2) is 4.79 Å². The van der Waals surface area contributed by atoms with Crippen LogP contribution in [-0.4, -0.2) is 17.8 Å². The van der Waals surface area contributed by atoms with Gasteiger partial charge in [-0.1, -0.05) is 32.9 Å². The molecular formula is C13H19NO3. The van der Waals surface area contributed by atoms with Crippen molar-refractivity contribution in [2.45, 2.75) is 26.7 Å². The van der Waals surface area contributed by atoms with Crippen LogP contribution in [0.4, 0.5) is 4.79 Å². The summed E-state index contributed by atoms with van der Waals surface area (Å²) in [5.41, 5.74) is 5.93. The van der Waals surface area contributed by atoms with Crippen molar-refractivity contribution < 1.29 is 14.6 Å². The number of nitrogens with two attached hydrogens (primary N) is 1. The van der Waals surface area contributed by atoms with Gasteiger partial charge in [-0.2, -0.15) is 0 Å². The Kier molecular flexibility index (Phi) is 3.99. The van der Waals surface area contributed by atoms with Gasteiger partial charge in [0, 0.05) is 5.92 Å². The molecule has 0 aliphatic carbocycles. The molecule has 0 saturated heterocycles. The van der Waals surface area contributed by atoms with E-state index in [-0.39, 0.29) is 23.7 Å². The van der Waals surface area contributed by atoms with Crippen molar-refractivity contribution in [1.29, 1.82) is 0 Å². The van der Waals surface area contributed by atoms with Crippen LogP contribution in [0.2, 0.25) is 0 Å². The van der Waals surface area contributed by atoms with Gasteiger partial charge in [0.15, 0.2) is 0 Å². The normalized spacial score (nSPS) is 13.1. The van der Waals surface area contributed by atoms with Gasteiger partial charge in [0.25, 0.3) is 0 Å². The molecule has 0 saturated carbocycles. The molecule has 1 aromatic carbocycles. The summed E-state index contributed by atoms with van der Waals surface area (Å²) in [5, 5.41) is 9.25. The average molecular weight is 237 g/mol. The number of benzene rings is 1. The van der Waals surface area contributed by atoms with E-state index in [2.05, 4.69) is 20.8 Å². The smallest absolute Gasteiger partial charge is 0.404 e. The van der Waals surface area contributed by atoms with Crippen LogP contribution in [0.1, 0.15) is 32.3 Å². The van der Waals surface area contributed by atoms with Crippen molar-refractivity contribution in [3.63, 3.8) is 0 Å². The molecule has 0 bridgehead atoms. The number of aromatic hydroxyl groups is 1. The first kappa shape index (κ1) is 13.4. The zero-order valence-electron chi connectivity index (χ0n) is 10.4. The summed E-state index contributed by atoms with van der Waals surface area (Å²) in [6.07, 6.45) is -0.766. The zero-order chi connectivity index (χ0) is 13.1. The number of hydrogen-bond donors (Lipinski definition) is 2. The molecule has 17 heavy (non-hydrogen) atoms. The van der Waals surface area contributed by atoms with Gasteiger partial charge >= 0.3 is 6.09 Å². The second-order valence-corrected chi connectivity index (χ2v) is 5.14. The molecule has 0 radical (unpaired) electrons. The Hall–Kier alpha value is -1.71. The van der Waals surface area contributed by atoms with E-state index in [1.807, 2.05) is 12.1 Å². The molecule has 94 valence electrons. The molecule has 4 nitrogen and oxygen atoms in total. The second-order valence-electron chi connectivity index (χ2n) is 5.14. The molecule has 0 heterocycles. The van der Waals surface area contributed by atoms with Crippen LogP contribution in [-0.2, 0) is 4.74 Å². The minimum absolute atomic E-state index is 0.0376. The fourth-order valence-electron chi connectivity index (χ4n) is 1.72. The number of rotatable bonds is 3. The highest BCUT2D eigenvalue weighted by atomic mass is 16.5. The first-order valence-electron chi connectivity index (χ1n) is 5.52. The number of phenolic OH excluding ortho intramolecular Hbond substituents is 1. The van der Waals surface area contributed by atoms with Crippen molar-refractivity contribution in [3.8, 4) is 5.75 Å². The number of amides is 1. The highest BCUT2D eigenvalue weighted by molar-refractivity contribution is 5.64. The number of ether oxygens (including phenoxy) is 1. The molecule has 1 atom stereocenters. The summed E-state index contributed by atoms with van der Waals surface area (Å²) in [6.45, 7) is 6.43. The lowest BCUT2D eigenvalue weighted by atomic mass is 9.77. The molecule has 1 rings (SSSR count). The molecule has 0 spiro atoms. The molecule has 1 aromatic rings. The van der Waals surface area contributed by atoms with E-state index in [1.54, 1.807) is 12.1 Å². The minimum atomic E-state index is -0.766. The van der Waals surface area contributed by atoms with Crippen LogP contribution in [0, 0.1) is 5.41 Å². The summed E-state index contributed by atoms with van der Waals surface area (Å²) < 4.78 is 4.89. The van der Waals surface area contributed by atoms with E-state index in [1.165, 1.54) is 0 Å². The van der Waals surface area contributed by atoms with Crippen molar-refractivity contribution in [1.82, 2.24) is 0 Å². The largest absolute Gasteiger partial charge is 0.508 e. The summed E-state index contributed by atoms with van der Waals surface area (Å²) >= 11 is 0. The molecular weight excluding hydrogens is 218 g/mol. The van der Waals surface area contributed by atoms with Crippen LogP contribution in [0.15, 0.2) is 24.3 Å². The lowest BCUT2D eigenvalue weighted by Crippen LogP contribution is -2.26. The maximum absolute atomic E-state index is 10.7. The van der Waals surface area contributed by atoms with Crippen LogP contribution >= 0.6 is 0 Å². The zero-order valence-corrected chi connectivity index (χ0v) is 10.4. The Morgan fingerprint density at radius 1 is 1.35 bits per heavy atom. The Bertz CT molecular complexity index is 379. The standard InChI is InChI=1S/C13H19NO3/c1-13(2,3)11(8-17-12(14)16)9-4-6-10(15)7-5-9/h4-7,11,15H,8H2,1-3H3,(H2,14,16). The van der Waals surface area contributed by atoms with Gasteiger partial charge in [0.2, 0.25) is 0 Å². The van der Waals surface area contributed by atoms with Gasteiger partial charge in [-0.05, 0) is 23.1 Å². The third-order valence-electron chi connectivity index (χ3n) is 2.73. The number of carbonyl (C=O) groups excluding carboxylic acids is 1. The Labute approximate surface area is 101 Å². The third kappa shape index (κ3) is 3.98. The Balaban J connectivity index is 2.90. The summed E-state index contributed by atoms with van der Waals surface area (Å²) in [6, 6.07) is 6.90. The average Bonchev–Trinajstić information content (AvgIpc) is 2.18. The highest BCUT2D eigenvalue weighted by Crippen LogP contribution is 2.35. The first-order valence-corrected chi connectivity index (χ1v) is 5.52. The molecule has 3 N–H and O–H groups in total. The molecule has 0 aliphatic heterocycles. The SMILES string of the molecule is CC(C)(C)C(COC(N)=O)c1ccc(O)cc1. The van der Waals surface area contributed by atoms with Gasteiger partial charge in [-0.15, -0.1) is 0 Å². The van der Waals surface area contributed by atoms with Crippen LogP contribution in [0.5, 0.6) is 5.75 Å². The summed E-state index contributed by atoms with van der Waals surface area (Å²) in [4.78, 5) is 10.7. The van der Waals surface area contributed by atoms with Gasteiger partial charge in [-0.3, -0.25) is 0 Å². The highest BCUT2D eigenvalue weighted by Gasteiger charge is 2.27. The van der Waals surface area contributed by atoms with Crippen molar-refractivity contribution in [2.24, 2.45) is 11.1 Å².